The molecule has 1 aliphatic rings. The van der Waals surface area contributed by atoms with Crippen molar-refractivity contribution in [3.8, 4) is 0 Å². The lowest BCUT2D eigenvalue weighted by Crippen LogP contribution is -2.45. The molecule has 0 spiro atoms. The van der Waals surface area contributed by atoms with Gasteiger partial charge in [-0.25, -0.2) is 8.78 Å². The minimum Gasteiger partial charge on any atom is -0.343 e. The number of hydrogen-bond acceptors (Lipinski definition) is 3. The Morgan fingerprint density at radius 3 is 2.37 bits per heavy atom. The van der Waals surface area contributed by atoms with Gasteiger partial charge in [-0.3, -0.25) is 9.59 Å². The molecule has 0 radical (unpaired) electrons. The number of halogens is 3. The van der Waals surface area contributed by atoms with Crippen LogP contribution in [0.15, 0.2) is 42.5 Å². The fourth-order valence-corrected chi connectivity index (χ4v) is 2.97. The van der Waals surface area contributed by atoms with Crippen LogP contribution in [0.25, 0.3) is 0 Å². The Labute approximate surface area is 161 Å². The number of nitrogens with zero attached hydrogens (tertiary/aromatic N) is 1. The van der Waals surface area contributed by atoms with Crippen molar-refractivity contribution < 1.29 is 18.4 Å². The molecule has 2 aromatic carbocycles. The third-order valence-corrected chi connectivity index (χ3v) is 4.45. The van der Waals surface area contributed by atoms with Gasteiger partial charge in [0, 0.05) is 6.54 Å². The number of benzene rings is 2. The van der Waals surface area contributed by atoms with Crippen molar-refractivity contribution >= 4 is 29.9 Å². The van der Waals surface area contributed by atoms with E-state index in [0.29, 0.717) is 5.56 Å². The minimum atomic E-state index is -0.928. The average Bonchev–Trinajstić information content (AvgIpc) is 2.95. The number of nitrogens with one attached hydrogen (secondary N) is 1. The fourth-order valence-electron chi connectivity index (χ4n) is 2.97. The van der Waals surface area contributed by atoms with Crippen molar-refractivity contribution in [3.63, 3.8) is 0 Å². The lowest BCUT2D eigenvalue weighted by atomic mass is 10.0. The quantitative estimate of drug-likeness (QED) is 0.835. The van der Waals surface area contributed by atoms with E-state index < -0.39 is 41.2 Å². The summed E-state index contributed by atoms with van der Waals surface area (Å²) < 4.78 is 27.8. The number of carbonyl (C=O) groups excluding carboxylic acids is 2. The SMILES string of the molecule is Cc1ccc(C(N)C(=O)NC2CCN(c3c(F)cccc3F)C2=O)cc1.Cl. The van der Waals surface area contributed by atoms with E-state index in [4.69, 9.17) is 5.73 Å². The van der Waals surface area contributed by atoms with Crippen LogP contribution in [0.2, 0.25) is 0 Å². The van der Waals surface area contributed by atoms with Crippen LogP contribution >= 0.6 is 12.4 Å². The van der Waals surface area contributed by atoms with Gasteiger partial charge in [-0.2, -0.15) is 0 Å². The third-order valence-electron chi connectivity index (χ3n) is 4.45. The summed E-state index contributed by atoms with van der Waals surface area (Å²) in [6, 6.07) is 8.79. The molecule has 8 heteroatoms. The maximum absolute atomic E-state index is 13.9. The van der Waals surface area contributed by atoms with Crippen molar-refractivity contribution in [2.75, 3.05) is 11.4 Å². The maximum Gasteiger partial charge on any atom is 0.249 e. The van der Waals surface area contributed by atoms with Crippen LogP contribution in [-0.4, -0.2) is 24.4 Å². The molecule has 2 aromatic rings. The van der Waals surface area contributed by atoms with E-state index in [1.165, 1.54) is 6.07 Å². The third kappa shape index (κ3) is 4.26. The van der Waals surface area contributed by atoms with Crippen LogP contribution in [-0.2, 0) is 9.59 Å². The van der Waals surface area contributed by atoms with Gasteiger partial charge in [-0.05, 0) is 31.0 Å². The lowest BCUT2D eigenvalue weighted by Gasteiger charge is -2.19. The largest absolute Gasteiger partial charge is 0.343 e. The predicted octanol–water partition coefficient (Wildman–Crippen LogP) is 2.62. The lowest BCUT2D eigenvalue weighted by molar-refractivity contribution is -0.127. The first-order valence-electron chi connectivity index (χ1n) is 8.26. The molecule has 0 aliphatic carbocycles. The first-order chi connectivity index (χ1) is 12.4. The summed E-state index contributed by atoms with van der Waals surface area (Å²) in [5, 5.41) is 2.58. The highest BCUT2D eigenvalue weighted by molar-refractivity contribution is 6.02. The van der Waals surface area contributed by atoms with Gasteiger partial charge in [0.25, 0.3) is 0 Å². The van der Waals surface area contributed by atoms with Crippen molar-refractivity contribution in [1.29, 1.82) is 0 Å². The summed E-state index contributed by atoms with van der Waals surface area (Å²) >= 11 is 0. The molecule has 1 saturated heterocycles. The predicted molar refractivity (Wildman–Crippen MR) is 101 cm³/mol. The van der Waals surface area contributed by atoms with Gasteiger partial charge in [-0.1, -0.05) is 35.9 Å². The highest BCUT2D eigenvalue weighted by Gasteiger charge is 2.36. The number of anilines is 1. The number of aryl methyl sites for hydroxylation is 1. The van der Waals surface area contributed by atoms with Crippen molar-refractivity contribution in [1.82, 2.24) is 5.32 Å². The molecule has 0 aromatic heterocycles. The van der Waals surface area contributed by atoms with Crippen LogP contribution < -0.4 is 16.0 Å². The highest BCUT2D eigenvalue weighted by atomic mass is 35.5. The molecule has 3 N–H and O–H groups in total. The Bertz CT molecular complexity index is 825. The van der Waals surface area contributed by atoms with Crippen LogP contribution in [0.3, 0.4) is 0 Å². The second-order valence-corrected chi connectivity index (χ2v) is 6.30. The van der Waals surface area contributed by atoms with Crippen LogP contribution in [0.4, 0.5) is 14.5 Å². The Morgan fingerprint density at radius 1 is 1.19 bits per heavy atom. The number of rotatable bonds is 4. The van der Waals surface area contributed by atoms with E-state index in [2.05, 4.69) is 5.32 Å². The van der Waals surface area contributed by atoms with Gasteiger partial charge in [0.05, 0.1) is 0 Å². The van der Waals surface area contributed by atoms with E-state index >= 15 is 0 Å². The molecule has 1 fully saturated rings. The van der Waals surface area contributed by atoms with Crippen molar-refractivity contribution in [3.05, 3.63) is 65.2 Å². The zero-order chi connectivity index (χ0) is 18.8. The Kier molecular flexibility index (Phi) is 6.51. The molecule has 0 saturated carbocycles. The Balaban J connectivity index is 0.00000261. The van der Waals surface area contributed by atoms with Crippen molar-refractivity contribution in [2.45, 2.75) is 25.4 Å². The number of para-hydroxylation sites is 1. The molecule has 2 amide bonds. The van der Waals surface area contributed by atoms with E-state index in [9.17, 15) is 18.4 Å². The van der Waals surface area contributed by atoms with Crippen LogP contribution in [0, 0.1) is 18.6 Å². The van der Waals surface area contributed by atoms with Crippen LogP contribution in [0.1, 0.15) is 23.6 Å². The maximum atomic E-state index is 13.9. The second kappa shape index (κ2) is 8.45. The van der Waals surface area contributed by atoms with Gasteiger partial charge in [0.1, 0.15) is 29.4 Å². The summed E-state index contributed by atoms with van der Waals surface area (Å²) in [7, 11) is 0. The summed E-state index contributed by atoms with van der Waals surface area (Å²) in [5.41, 5.74) is 7.22. The standard InChI is InChI=1S/C19H19F2N3O2.ClH/c1-11-5-7-12(8-6-11)16(22)18(25)23-15-9-10-24(19(15)26)17-13(20)3-2-4-14(17)21;/h2-8,15-16H,9-10,22H2,1H3,(H,23,25);1H. The van der Waals surface area contributed by atoms with Gasteiger partial charge in [0.15, 0.2) is 0 Å². The average molecular weight is 396 g/mol. The smallest absolute Gasteiger partial charge is 0.249 e. The first-order valence-corrected chi connectivity index (χ1v) is 8.26. The van der Waals surface area contributed by atoms with Gasteiger partial charge < -0.3 is 16.0 Å². The zero-order valence-electron chi connectivity index (χ0n) is 14.6. The summed E-state index contributed by atoms with van der Waals surface area (Å²) in [5.74, 6) is -2.70. The summed E-state index contributed by atoms with van der Waals surface area (Å²) in [6.45, 7) is 2.03. The van der Waals surface area contributed by atoms with E-state index in [0.717, 1.165) is 22.6 Å². The Morgan fingerprint density at radius 2 is 1.78 bits per heavy atom. The molecule has 144 valence electrons. The summed E-state index contributed by atoms with van der Waals surface area (Å²) in [4.78, 5) is 25.9. The summed E-state index contributed by atoms with van der Waals surface area (Å²) in [6.07, 6.45) is 0.249. The molecule has 27 heavy (non-hydrogen) atoms. The molecule has 3 rings (SSSR count). The molecule has 2 atom stereocenters. The van der Waals surface area contributed by atoms with E-state index in [1.807, 2.05) is 19.1 Å². The molecule has 1 heterocycles. The number of carbonyl (C=O) groups is 2. The minimum absolute atomic E-state index is 0. The van der Waals surface area contributed by atoms with Gasteiger partial charge in [-0.15, -0.1) is 12.4 Å². The first kappa shape index (κ1) is 20.8. The number of amides is 2. The zero-order valence-corrected chi connectivity index (χ0v) is 15.4. The molecule has 0 bridgehead atoms. The molecule has 5 nitrogen and oxygen atoms in total. The van der Waals surface area contributed by atoms with Gasteiger partial charge in [0.2, 0.25) is 11.8 Å². The molecule has 2 unspecified atom stereocenters. The molecule has 1 aliphatic heterocycles. The van der Waals surface area contributed by atoms with Crippen LogP contribution in [0.5, 0.6) is 0 Å². The topological polar surface area (TPSA) is 75.4 Å². The van der Waals surface area contributed by atoms with E-state index in [1.54, 1.807) is 12.1 Å². The van der Waals surface area contributed by atoms with Gasteiger partial charge >= 0.3 is 0 Å². The number of nitrogens with two attached hydrogens (primary N) is 1. The van der Waals surface area contributed by atoms with E-state index in [-0.39, 0.29) is 25.4 Å². The highest BCUT2D eigenvalue weighted by Crippen LogP contribution is 2.27. The Hall–Kier alpha value is -2.51. The number of hydrogen-bond donors (Lipinski definition) is 2. The van der Waals surface area contributed by atoms with Crippen molar-refractivity contribution in [2.24, 2.45) is 5.73 Å². The molecular weight excluding hydrogens is 376 g/mol. The second-order valence-electron chi connectivity index (χ2n) is 6.30. The monoisotopic (exact) mass is 395 g/mol. The normalized spacial score (nSPS) is 17.4. The molecular formula is C19H20ClF2N3O2. The fraction of sp³-hybridized carbons (Fsp3) is 0.263.